The summed E-state index contributed by atoms with van der Waals surface area (Å²) in [4.78, 5) is 4.41. The van der Waals surface area contributed by atoms with Crippen LogP contribution in [-0.4, -0.2) is 9.38 Å². The number of aromatic nitrogens is 2. The SMILES string of the molecule is Clc1cc(Cl)c2nc(-c3ccoc3)cn2c1. The van der Waals surface area contributed by atoms with Crippen LogP contribution in [0, 0.1) is 0 Å². The predicted octanol–water partition coefficient (Wildman–Crippen LogP) is 3.90. The van der Waals surface area contributed by atoms with Crippen LogP contribution >= 0.6 is 23.2 Å². The van der Waals surface area contributed by atoms with Gasteiger partial charge in [0.15, 0.2) is 5.65 Å². The number of hydrogen-bond acceptors (Lipinski definition) is 2. The van der Waals surface area contributed by atoms with Crippen LogP contribution in [0.1, 0.15) is 0 Å². The first kappa shape index (κ1) is 9.75. The summed E-state index contributed by atoms with van der Waals surface area (Å²) in [5.74, 6) is 0. The largest absolute Gasteiger partial charge is 0.472 e. The third kappa shape index (κ3) is 1.49. The molecule has 0 fully saturated rings. The summed E-state index contributed by atoms with van der Waals surface area (Å²) < 4.78 is 6.81. The fraction of sp³-hybridized carbons (Fsp3) is 0. The van der Waals surface area contributed by atoms with E-state index >= 15 is 0 Å². The zero-order valence-electron chi connectivity index (χ0n) is 8.02. The minimum atomic E-state index is 0.530. The van der Waals surface area contributed by atoms with Gasteiger partial charge in [-0.25, -0.2) is 4.98 Å². The van der Waals surface area contributed by atoms with E-state index in [2.05, 4.69) is 4.98 Å². The smallest absolute Gasteiger partial charge is 0.156 e. The molecule has 0 aliphatic carbocycles. The van der Waals surface area contributed by atoms with E-state index in [0.717, 1.165) is 11.3 Å². The van der Waals surface area contributed by atoms with E-state index in [4.69, 9.17) is 27.6 Å². The summed E-state index contributed by atoms with van der Waals surface area (Å²) >= 11 is 12.0. The normalized spacial score (nSPS) is 11.1. The van der Waals surface area contributed by atoms with Gasteiger partial charge < -0.3 is 8.82 Å². The molecule has 0 unspecified atom stereocenters. The fourth-order valence-electron chi connectivity index (χ4n) is 1.57. The molecule has 16 heavy (non-hydrogen) atoms. The maximum atomic E-state index is 6.05. The maximum absolute atomic E-state index is 6.05. The molecule has 0 aliphatic heterocycles. The number of imidazole rings is 1. The van der Waals surface area contributed by atoms with Gasteiger partial charge in [0.2, 0.25) is 0 Å². The molecule has 0 aromatic carbocycles. The monoisotopic (exact) mass is 252 g/mol. The van der Waals surface area contributed by atoms with E-state index in [0.29, 0.717) is 15.7 Å². The van der Waals surface area contributed by atoms with Crippen LogP contribution in [0.4, 0.5) is 0 Å². The summed E-state index contributed by atoms with van der Waals surface area (Å²) in [5, 5.41) is 1.11. The third-order valence-corrected chi connectivity index (χ3v) is 2.77. The second-order valence-corrected chi connectivity index (χ2v) is 4.22. The molecule has 0 amide bonds. The van der Waals surface area contributed by atoms with Crippen molar-refractivity contribution in [2.24, 2.45) is 0 Å². The lowest BCUT2D eigenvalue weighted by atomic mass is 10.3. The Labute approximate surface area is 101 Å². The van der Waals surface area contributed by atoms with Crippen molar-refractivity contribution in [3.05, 3.63) is 47.1 Å². The number of hydrogen-bond donors (Lipinski definition) is 0. The quantitative estimate of drug-likeness (QED) is 0.658. The lowest BCUT2D eigenvalue weighted by Gasteiger charge is -1.95. The molecular formula is C11H6Cl2N2O. The minimum Gasteiger partial charge on any atom is -0.472 e. The molecule has 0 aliphatic rings. The summed E-state index contributed by atoms with van der Waals surface area (Å²) in [7, 11) is 0. The van der Waals surface area contributed by atoms with Crippen molar-refractivity contribution >= 4 is 28.8 Å². The first-order valence-electron chi connectivity index (χ1n) is 4.60. The lowest BCUT2D eigenvalue weighted by molar-refractivity contribution is 0.568. The summed E-state index contributed by atoms with van der Waals surface area (Å²) in [6, 6.07) is 3.52. The number of halogens is 2. The fourth-order valence-corrected chi connectivity index (χ4v) is 2.10. The topological polar surface area (TPSA) is 30.4 Å². The number of fused-ring (bicyclic) bond motifs is 1. The number of furan rings is 1. The standard InChI is InChI=1S/C11H6Cl2N2O/c12-8-3-9(13)11-14-10(5-15(11)4-8)7-1-2-16-6-7/h1-6H. The first-order chi connectivity index (χ1) is 7.74. The second kappa shape index (κ2) is 3.54. The van der Waals surface area contributed by atoms with Crippen molar-refractivity contribution in [1.82, 2.24) is 9.38 Å². The Kier molecular flexibility index (Phi) is 2.16. The van der Waals surface area contributed by atoms with Crippen LogP contribution in [0.15, 0.2) is 41.5 Å². The minimum absolute atomic E-state index is 0.530. The van der Waals surface area contributed by atoms with Crippen molar-refractivity contribution in [3.8, 4) is 11.3 Å². The predicted molar refractivity (Wildman–Crippen MR) is 62.9 cm³/mol. The van der Waals surface area contributed by atoms with Gasteiger partial charge in [0.25, 0.3) is 0 Å². The van der Waals surface area contributed by atoms with Gasteiger partial charge in [0, 0.05) is 18.0 Å². The van der Waals surface area contributed by atoms with Gasteiger partial charge in [-0.15, -0.1) is 0 Å². The average Bonchev–Trinajstić information content (AvgIpc) is 2.82. The van der Waals surface area contributed by atoms with Crippen molar-refractivity contribution in [1.29, 1.82) is 0 Å². The molecule has 0 saturated heterocycles. The zero-order valence-corrected chi connectivity index (χ0v) is 9.53. The van der Waals surface area contributed by atoms with Crippen molar-refractivity contribution in [2.45, 2.75) is 0 Å². The van der Waals surface area contributed by atoms with Crippen molar-refractivity contribution < 1.29 is 4.42 Å². The van der Waals surface area contributed by atoms with Crippen molar-refractivity contribution in [2.75, 3.05) is 0 Å². The van der Waals surface area contributed by atoms with Gasteiger partial charge in [-0.2, -0.15) is 0 Å². The number of rotatable bonds is 1. The number of pyridine rings is 1. The first-order valence-corrected chi connectivity index (χ1v) is 5.36. The van der Waals surface area contributed by atoms with Crippen LogP contribution < -0.4 is 0 Å². The van der Waals surface area contributed by atoms with Gasteiger partial charge in [-0.1, -0.05) is 23.2 Å². The van der Waals surface area contributed by atoms with Gasteiger partial charge in [0.05, 0.1) is 28.3 Å². The van der Waals surface area contributed by atoms with Crippen LogP contribution in [0.5, 0.6) is 0 Å². The molecule has 3 aromatic rings. The summed E-state index contributed by atoms with van der Waals surface area (Å²) in [5.41, 5.74) is 2.40. The second-order valence-electron chi connectivity index (χ2n) is 3.38. The van der Waals surface area contributed by atoms with E-state index in [1.807, 2.05) is 12.3 Å². The highest BCUT2D eigenvalue weighted by Gasteiger charge is 2.08. The molecule has 3 nitrogen and oxygen atoms in total. The Morgan fingerprint density at radius 1 is 1.25 bits per heavy atom. The van der Waals surface area contributed by atoms with E-state index in [1.54, 1.807) is 29.2 Å². The van der Waals surface area contributed by atoms with Gasteiger partial charge in [-0.3, -0.25) is 0 Å². The van der Waals surface area contributed by atoms with E-state index in [9.17, 15) is 0 Å². The van der Waals surface area contributed by atoms with Crippen molar-refractivity contribution in [3.63, 3.8) is 0 Å². The van der Waals surface area contributed by atoms with Crippen LogP contribution in [0.25, 0.3) is 16.9 Å². The Hall–Kier alpha value is -1.45. The van der Waals surface area contributed by atoms with E-state index in [-0.39, 0.29) is 0 Å². The van der Waals surface area contributed by atoms with Gasteiger partial charge in [0.1, 0.15) is 0 Å². The molecule has 3 aromatic heterocycles. The molecule has 3 rings (SSSR count). The molecule has 3 heterocycles. The lowest BCUT2D eigenvalue weighted by Crippen LogP contribution is -1.82. The molecule has 80 valence electrons. The van der Waals surface area contributed by atoms with Gasteiger partial charge in [-0.05, 0) is 12.1 Å². The van der Waals surface area contributed by atoms with Crippen LogP contribution in [0.2, 0.25) is 10.0 Å². The zero-order chi connectivity index (χ0) is 11.1. The Balaban J connectivity index is 2.27. The molecule has 0 radical (unpaired) electrons. The molecule has 5 heteroatoms. The van der Waals surface area contributed by atoms with Crippen LogP contribution in [-0.2, 0) is 0 Å². The number of nitrogens with zero attached hydrogens (tertiary/aromatic N) is 2. The highest BCUT2D eigenvalue weighted by Crippen LogP contribution is 2.25. The summed E-state index contributed by atoms with van der Waals surface area (Å²) in [6.45, 7) is 0. The molecule has 0 bridgehead atoms. The molecule has 0 spiro atoms. The Bertz CT molecular complexity index is 643. The molecular weight excluding hydrogens is 247 g/mol. The average molecular weight is 253 g/mol. The third-order valence-electron chi connectivity index (χ3n) is 2.29. The highest BCUT2D eigenvalue weighted by molar-refractivity contribution is 6.36. The summed E-state index contributed by atoms with van der Waals surface area (Å²) in [6.07, 6.45) is 6.86. The molecule has 0 saturated carbocycles. The molecule has 0 atom stereocenters. The Morgan fingerprint density at radius 2 is 2.12 bits per heavy atom. The maximum Gasteiger partial charge on any atom is 0.156 e. The van der Waals surface area contributed by atoms with E-state index in [1.165, 1.54) is 0 Å². The Morgan fingerprint density at radius 3 is 2.88 bits per heavy atom. The highest BCUT2D eigenvalue weighted by atomic mass is 35.5. The van der Waals surface area contributed by atoms with Gasteiger partial charge >= 0.3 is 0 Å². The van der Waals surface area contributed by atoms with Crippen LogP contribution in [0.3, 0.4) is 0 Å². The van der Waals surface area contributed by atoms with E-state index < -0.39 is 0 Å². The molecule has 0 N–H and O–H groups in total.